The minimum atomic E-state index is 0. The largest absolute Gasteiger partial charge is 2.00 e. The maximum absolute atomic E-state index is 7.34. The molecule has 0 aliphatic heterocycles. The average molecular weight is 1490 g/mol. The number of thiophene rings is 2. The fourth-order valence-electron chi connectivity index (χ4n) is 7.18. The van der Waals surface area contributed by atoms with Gasteiger partial charge < -0.3 is 17.7 Å². The van der Waals surface area contributed by atoms with Crippen molar-refractivity contribution >= 4 is 71.4 Å². The van der Waals surface area contributed by atoms with Crippen LogP contribution in [-0.2, 0) is 42.1 Å². The molecule has 0 aliphatic rings. The number of hydrogen-bond acceptors (Lipinski definition) is 3. The Morgan fingerprint density at radius 3 is 0.789 bits per heavy atom. The van der Waals surface area contributed by atoms with E-state index in [1.54, 1.807) is 22.7 Å². The van der Waals surface area contributed by atoms with Gasteiger partial charge in [0.1, 0.15) is 0 Å². The van der Waals surface area contributed by atoms with Crippen molar-refractivity contribution < 1.29 is 42.1 Å². The van der Waals surface area contributed by atoms with Gasteiger partial charge in [-0.2, -0.15) is 72.8 Å². The summed E-state index contributed by atoms with van der Waals surface area (Å²) in [5.41, 5.74) is 6.74. The van der Waals surface area contributed by atoms with E-state index in [1.165, 1.54) is 79.5 Å². The quantitative estimate of drug-likeness (QED) is 0.0499. The summed E-state index contributed by atoms with van der Waals surface area (Å²) >= 11 is 3.14. The molecule has 0 unspecified atom stereocenters. The molecule has 0 spiro atoms. The summed E-state index contributed by atoms with van der Waals surface area (Å²) in [5.74, 6) is 4.93. The van der Waals surface area contributed by atoms with E-state index in [4.69, 9.17) is 12.8 Å². The molecule has 0 aliphatic carbocycles. The molecule has 76 heavy (non-hydrogen) atoms. The molecular formula is C67H89NP4Pt2S2. The van der Waals surface area contributed by atoms with Crippen LogP contribution in [-0.4, -0.2) is 73.9 Å². The van der Waals surface area contributed by atoms with Gasteiger partial charge in [0.2, 0.25) is 0 Å². The Bertz CT molecular complexity index is 2180. The van der Waals surface area contributed by atoms with E-state index in [9.17, 15) is 0 Å². The van der Waals surface area contributed by atoms with Gasteiger partial charge in [-0.15, -0.1) is 43.8 Å². The summed E-state index contributed by atoms with van der Waals surface area (Å²) in [6.07, 6.45) is 31.7. The Balaban J connectivity index is 0. The van der Waals surface area contributed by atoms with Crippen molar-refractivity contribution in [3.63, 3.8) is 0 Å². The number of anilines is 3. The normalized spacial score (nSPS) is 9.72. The van der Waals surface area contributed by atoms with Crippen LogP contribution in [0.4, 0.5) is 17.1 Å². The zero-order chi connectivity index (χ0) is 54.8. The number of rotatable bonds is 17. The SMILES string of the molecule is CCP(CC)CC.CCP(CC)CC.CCP(CC)CC.CCP(CC)CC.[C-]#Cc1ccc(-c2ccc(N(c3ccc(C)cc3)c3ccc(-c4ccc(C#[C-])s4)cc3)cc2)s1.[Pt+2].[Pt+2].[c-]1ccccc1.[c-]1ccccc1. The molecule has 0 radical (unpaired) electrons. The van der Waals surface area contributed by atoms with Crippen LogP contribution < -0.4 is 4.90 Å². The Labute approximate surface area is 508 Å². The summed E-state index contributed by atoms with van der Waals surface area (Å²) < 4.78 is 0. The van der Waals surface area contributed by atoms with E-state index in [0.717, 1.165) is 47.7 Å². The van der Waals surface area contributed by atoms with Gasteiger partial charge in [-0.3, -0.25) is 11.8 Å². The van der Waals surface area contributed by atoms with E-state index in [1.807, 2.05) is 84.9 Å². The third-order valence-corrected chi connectivity index (χ3v) is 25.0. The molecule has 7 aromatic rings. The summed E-state index contributed by atoms with van der Waals surface area (Å²) in [6, 6.07) is 58.6. The Kier molecular flexibility index (Phi) is 49.3. The molecular weight excluding hydrogens is 1400 g/mol. The van der Waals surface area contributed by atoms with E-state index in [0.29, 0.717) is 31.7 Å². The zero-order valence-corrected chi connectivity index (χ0v) is 57.9. The van der Waals surface area contributed by atoms with Crippen molar-refractivity contribution in [2.24, 2.45) is 0 Å². The maximum Gasteiger partial charge on any atom is 2.00 e. The third-order valence-electron chi connectivity index (χ3n) is 12.2. The van der Waals surface area contributed by atoms with E-state index < -0.39 is 0 Å². The van der Waals surface area contributed by atoms with Gasteiger partial charge >= 0.3 is 42.1 Å². The molecule has 1 nitrogen and oxygen atoms in total. The minimum absolute atomic E-state index is 0. The van der Waals surface area contributed by atoms with Crippen LogP contribution >= 0.6 is 54.4 Å². The van der Waals surface area contributed by atoms with E-state index in [-0.39, 0.29) is 42.1 Å². The predicted octanol–water partition coefficient (Wildman–Crippen LogP) is 21.9. The van der Waals surface area contributed by atoms with Crippen LogP contribution in [0.15, 0.2) is 158 Å². The molecule has 0 saturated carbocycles. The number of benzene rings is 5. The summed E-state index contributed by atoms with van der Waals surface area (Å²) in [5, 5.41) is 0. The first-order chi connectivity index (χ1) is 36.0. The number of nitrogens with zero attached hydrogens (tertiary/aromatic N) is 1. The second kappa shape index (κ2) is 49.6. The van der Waals surface area contributed by atoms with Crippen molar-refractivity contribution in [2.75, 3.05) is 78.8 Å². The smallest absolute Gasteiger partial charge is 0.365 e. The second-order valence-corrected chi connectivity index (χ2v) is 31.6. The molecule has 7 rings (SSSR count). The molecule has 0 atom stereocenters. The first kappa shape index (κ1) is 75.6. The number of hydrogen-bond donors (Lipinski definition) is 0. The average Bonchev–Trinajstić information content (AvgIpc) is 4.17. The molecule has 0 N–H and O–H groups in total. The Hall–Kier alpha value is -2.48. The van der Waals surface area contributed by atoms with Gasteiger partial charge in [0, 0.05) is 26.8 Å². The van der Waals surface area contributed by atoms with Crippen molar-refractivity contribution in [2.45, 2.75) is 90.0 Å². The topological polar surface area (TPSA) is 3.24 Å². The molecule has 0 bridgehead atoms. The van der Waals surface area contributed by atoms with Crippen molar-refractivity contribution in [3.05, 3.63) is 198 Å². The van der Waals surface area contributed by atoms with Crippen LogP contribution in [0, 0.1) is 43.7 Å². The molecule has 0 amide bonds. The van der Waals surface area contributed by atoms with Gasteiger partial charge in [0.25, 0.3) is 0 Å². The first-order valence-electron chi connectivity index (χ1n) is 26.9. The molecule has 2 aromatic heterocycles. The van der Waals surface area contributed by atoms with E-state index in [2.05, 4.69) is 192 Å². The fraction of sp³-hybridized carbons (Fsp3) is 0.373. The van der Waals surface area contributed by atoms with Gasteiger partial charge in [-0.1, -0.05) is 147 Å². The predicted molar refractivity (Wildman–Crippen MR) is 350 cm³/mol. The van der Waals surface area contributed by atoms with Crippen molar-refractivity contribution in [1.29, 1.82) is 0 Å². The standard InChI is InChI=1S/C31H19NS2.4C6H15P.2C6H5.2Pt/c1-4-28-18-20-30(33-28)23-8-14-26(15-9-23)32(25-12-6-22(3)7-13-25)27-16-10-24(11-17-27)31-21-19-29(5-2)34-31;4*1-4-7(5-2)6-3;2*1-2-4-6-5-3-1;;/h6-21H,3H3;4*4-6H2,1-3H3;2*1-5H;;/q-2;;;;;2*-1;2*+2. The van der Waals surface area contributed by atoms with Crippen molar-refractivity contribution in [1.82, 2.24) is 0 Å². The zero-order valence-electron chi connectivity index (χ0n) is 48.2. The molecule has 5 aromatic carbocycles. The maximum atomic E-state index is 7.34. The molecule has 414 valence electrons. The first-order valence-corrected chi connectivity index (χ1v) is 36.1. The summed E-state index contributed by atoms with van der Waals surface area (Å²) in [6.45, 7) is 29.6. The molecule has 0 saturated heterocycles. The molecule has 0 fully saturated rings. The summed E-state index contributed by atoms with van der Waals surface area (Å²) in [7, 11) is 1.78. The number of aryl methyl sites for hydroxylation is 1. The van der Waals surface area contributed by atoms with Crippen LogP contribution in [0.5, 0.6) is 0 Å². The Morgan fingerprint density at radius 2 is 0.618 bits per heavy atom. The summed E-state index contributed by atoms with van der Waals surface area (Å²) in [4.78, 5) is 6.17. The van der Waals surface area contributed by atoms with Crippen molar-refractivity contribution in [3.8, 4) is 32.7 Å². The Morgan fingerprint density at radius 1 is 0.368 bits per heavy atom. The van der Waals surface area contributed by atoms with Crippen LogP contribution in [0.25, 0.3) is 20.9 Å². The fourth-order valence-corrected chi connectivity index (χ4v) is 14.2. The van der Waals surface area contributed by atoms with Crippen LogP contribution in [0.1, 0.15) is 98.4 Å². The van der Waals surface area contributed by atoms with Gasteiger partial charge in [-0.25, -0.2) is 22.7 Å². The monoisotopic (exact) mass is 1490 g/mol. The second-order valence-electron chi connectivity index (χ2n) is 16.5. The molecule has 2 heterocycles. The molecule has 9 heteroatoms. The van der Waals surface area contributed by atoms with Gasteiger partial charge in [0.15, 0.2) is 0 Å². The van der Waals surface area contributed by atoms with E-state index >= 15 is 0 Å². The van der Waals surface area contributed by atoms with Crippen LogP contribution in [0.2, 0.25) is 0 Å². The van der Waals surface area contributed by atoms with Gasteiger partial charge in [-0.05, 0) is 128 Å². The minimum Gasteiger partial charge on any atom is -0.365 e. The third kappa shape index (κ3) is 31.9. The van der Waals surface area contributed by atoms with Gasteiger partial charge in [0.05, 0.1) is 0 Å². The van der Waals surface area contributed by atoms with Crippen LogP contribution in [0.3, 0.4) is 0 Å².